The Morgan fingerprint density at radius 3 is 2.15 bits per heavy atom. The highest BCUT2D eigenvalue weighted by Crippen LogP contribution is 2.05. The molecule has 2 N–H and O–H groups in total. The molecule has 0 atom stereocenters. The average molecular weight is 279 g/mol. The summed E-state index contributed by atoms with van der Waals surface area (Å²) >= 11 is 0. The van der Waals surface area contributed by atoms with Crippen LogP contribution < -0.4 is 5.73 Å². The predicted octanol–water partition coefficient (Wildman–Crippen LogP) is 1.92. The van der Waals surface area contributed by atoms with Gasteiger partial charge in [0.25, 0.3) is 0 Å². The van der Waals surface area contributed by atoms with Crippen molar-refractivity contribution in [2.75, 3.05) is 38.5 Å². The Balaban J connectivity index is 2.46. The average Bonchev–Trinajstić information content (AvgIpc) is 2.41. The Kier molecular flexibility index (Phi) is 7.47. The maximum Gasteiger partial charge on any atom is 0.144 e. The molecule has 0 saturated heterocycles. The molecule has 0 saturated carbocycles. The summed E-state index contributed by atoms with van der Waals surface area (Å²) in [6.45, 7) is 14.8. The molecule has 5 nitrogen and oxygen atoms in total. The van der Waals surface area contributed by atoms with Crippen molar-refractivity contribution in [3.05, 3.63) is 17.6 Å². The van der Waals surface area contributed by atoms with E-state index in [1.807, 2.05) is 6.92 Å². The predicted molar refractivity (Wildman–Crippen MR) is 84.5 cm³/mol. The highest BCUT2D eigenvalue weighted by molar-refractivity contribution is 5.29. The zero-order chi connectivity index (χ0) is 15.0. The van der Waals surface area contributed by atoms with Gasteiger partial charge in [0.15, 0.2) is 0 Å². The van der Waals surface area contributed by atoms with Crippen LogP contribution in [-0.4, -0.2) is 52.5 Å². The van der Waals surface area contributed by atoms with Gasteiger partial charge in [0.05, 0.1) is 6.54 Å². The molecule has 1 rings (SSSR count). The molecule has 1 heterocycles. The van der Waals surface area contributed by atoms with Crippen LogP contribution in [0.3, 0.4) is 0 Å². The minimum absolute atomic E-state index is 0.562. The first-order valence-electron chi connectivity index (χ1n) is 7.63. The van der Waals surface area contributed by atoms with Crippen molar-refractivity contribution in [1.82, 2.24) is 19.8 Å². The molecule has 0 radical (unpaired) electrons. The van der Waals surface area contributed by atoms with E-state index in [-0.39, 0.29) is 0 Å². The van der Waals surface area contributed by atoms with E-state index in [1.165, 1.54) is 6.42 Å². The van der Waals surface area contributed by atoms with Crippen molar-refractivity contribution in [2.45, 2.75) is 40.7 Å². The van der Waals surface area contributed by atoms with E-state index in [2.05, 4.69) is 40.5 Å². The standard InChI is InChI=1S/C15H29N5/c1-5-19(6-2)9-8-10-20(7-3)12-15-17-13(4)11-14(16)18-15/h11H,5-10,12H2,1-4H3,(H2,16,17,18). The summed E-state index contributed by atoms with van der Waals surface area (Å²) in [6, 6.07) is 1.81. The van der Waals surface area contributed by atoms with E-state index in [4.69, 9.17) is 5.73 Å². The van der Waals surface area contributed by atoms with E-state index in [0.717, 1.165) is 50.8 Å². The number of nitrogen functional groups attached to an aromatic ring is 1. The maximum atomic E-state index is 5.78. The van der Waals surface area contributed by atoms with Crippen molar-refractivity contribution in [3.63, 3.8) is 0 Å². The topological polar surface area (TPSA) is 58.3 Å². The SMILES string of the molecule is CCN(CC)CCCN(CC)Cc1nc(C)cc(N)n1. The normalized spacial score (nSPS) is 11.5. The summed E-state index contributed by atoms with van der Waals surface area (Å²) in [7, 11) is 0. The van der Waals surface area contributed by atoms with Crippen LogP contribution in [0.4, 0.5) is 5.82 Å². The summed E-state index contributed by atoms with van der Waals surface area (Å²) in [5.74, 6) is 1.39. The number of anilines is 1. The fraction of sp³-hybridized carbons (Fsp3) is 0.733. The third-order valence-corrected chi connectivity index (χ3v) is 3.58. The lowest BCUT2D eigenvalue weighted by atomic mass is 10.3. The first kappa shape index (κ1) is 16.9. The molecule has 0 bridgehead atoms. The second-order valence-electron chi connectivity index (χ2n) is 5.10. The molecule has 0 unspecified atom stereocenters. The highest BCUT2D eigenvalue weighted by atomic mass is 15.2. The van der Waals surface area contributed by atoms with Crippen LogP contribution in [0.25, 0.3) is 0 Å². The molecular formula is C15H29N5. The molecule has 1 aromatic heterocycles. The van der Waals surface area contributed by atoms with E-state index >= 15 is 0 Å². The Morgan fingerprint density at radius 2 is 1.60 bits per heavy atom. The van der Waals surface area contributed by atoms with Gasteiger partial charge >= 0.3 is 0 Å². The van der Waals surface area contributed by atoms with Crippen LogP contribution in [0.1, 0.15) is 38.7 Å². The first-order valence-corrected chi connectivity index (χ1v) is 7.63. The van der Waals surface area contributed by atoms with Crippen LogP contribution >= 0.6 is 0 Å². The van der Waals surface area contributed by atoms with Gasteiger partial charge in [-0.05, 0) is 46.1 Å². The molecule has 0 amide bonds. The lowest BCUT2D eigenvalue weighted by molar-refractivity contribution is 0.235. The Morgan fingerprint density at radius 1 is 1.00 bits per heavy atom. The zero-order valence-corrected chi connectivity index (χ0v) is 13.4. The van der Waals surface area contributed by atoms with Gasteiger partial charge in [-0.3, -0.25) is 4.90 Å². The van der Waals surface area contributed by atoms with Gasteiger partial charge in [-0.15, -0.1) is 0 Å². The number of aromatic nitrogens is 2. The summed E-state index contributed by atoms with van der Waals surface area (Å²) < 4.78 is 0. The number of nitrogens with two attached hydrogens (primary N) is 1. The van der Waals surface area contributed by atoms with Crippen LogP contribution in [0.15, 0.2) is 6.07 Å². The van der Waals surface area contributed by atoms with Crippen LogP contribution in [-0.2, 0) is 6.54 Å². The van der Waals surface area contributed by atoms with Crippen LogP contribution in [0.5, 0.6) is 0 Å². The maximum absolute atomic E-state index is 5.78. The Labute approximate surface area is 123 Å². The van der Waals surface area contributed by atoms with E-state index in [0.29, 0.717) is 5.82 Å². The molecule has 0 spiro atoms. The van der Waals surface area contributed by atoms with Crippen LogP contribution in [0.2, 0.25) is 0 Å². The number of nitrogens with zero attached hydrogens (tertiary/aromatic N) is 4. The second kappa shape index (κ2) is 8.87. The monoisotopic (exact) mass is 279 g/mol. The highest BCUT2D eigenvalue weighted by Gasteiger charge is 2.08. The van der Waals surface area contributed by atoms with Crippen molar-refractivity contribution in [3.8, 4) is 0 Å². The Hall–Kier alpha value is -1.20. The number of rotatable bonds is 9. The molecule has 0 aromatic carbocycles. The van der Waals surface area contributed by atoms with Crippen molar-refractivity contribution >= 4 is 5.82 Å². The fourth-order valence-corrected chi connectivity index (χ4v) is 2.33. The van der Waals surface area contributed by atoms with Gasteiger partial charge in [0.1, 0.15) is 11.6 Å². The summed E-state index contributed by atoms with van der Waals surface area (Å²) in [4.78, 5) is 13.6. The van der Waals surface area contributed by atoms with Gasteiger partial charge < -0.3 is 10.6 Å². The smallest absolute Gasteiger partial charge is 0.144 e. The third-order valence-electron chi connectivity index (χ3n) is 3.58. The number of hydrogen-bond acceptors (Lipinski definition) is 5. The summed E-state index contributed by atoms with van der Waals surface area (Å²) in [5.41, 5.74) is 6.71. The first-order chi connectivity index (χ1) is 9.58. The fourth-order valence-electron chi connectivity index (χ4n) is 2.33. The molecule has 1 aromatic rings. The molecule has 0 aliphatic heterocycles. The van der Waals surface area contributed by atoms with Gasteiger partial charge in [0.2, 0.25) is 0 Å². The van der Waals surface area contributed by atoms with E-state index in [1.54, 1.807) is 6.07 Å². The number of aryl methyl sites for hydroxylation is 1. The van der Waals surface area contributed by atoms with Crippen molar-refractivity contribution in [1.29, 1.82) is 0 Å². The number of hydrogen-bond donors (Lipinski definition) is 1. The zero-order valence-electron chi connectivity index (χ0n) is 13.4. The third kappa shape index (κ3) is 5.84. The van der Waals surface area contributed by atoms with Gasteiger partial charge in [0, 0.05) is 11.8 Å². The van der Waals surface area contributed by atoms with Crippen molar-refractivity contribution < 1.29 is 0 Å². The minimum atomic E-state index is 0.562. The quantitative estimate of drug-likeness (QED) is 0.748. The molecule has 5 heteroatoms. The summed E-state index contributed by atoms with van der Waals surface area (Å²) in [6.07, 6.45) is 1.18. The van der Waals surface area contributed by atoms with Gasteiger partial charge in [-0.2, -0.15) is 0 Å². The Bertz CT molecular complexity index is 370. The lowest BCUT2D eigenvalue weighted by Crippen LogP contribution is -2.30. The van der Waals surface area contributed by atoms with E-state index < -0.39 is 0 Å². The largest absolute Gasteiger partial charge is 0.384 e. The molecular weight excluding hydrogens is 250 g/mol. The molecule has 0 fully saturated rings. The second-order valence-corrected chi connectivity index (χ2v) is 5.10. The summed E-state index contributed by atoms with van der Waals surface area (Å²) in [5, 5.41) is 0. The molecule has 114 valence electrons. The van der Waals surface area contributed by atoms with Crippen molar-refractivity contribution in [2.24, 2.45) is 0 Å². The lowest BCUT2D eigenvalue weighted by Gasteiger charge is -2.23. The minimum Gasteiger partial charge on any atom is -0.384 e. The van der Waals surface area contributed by atoms with Crippen LogP contribution in [0, 0.1) is 6.92 Å². The molecule has 0 aliphatic carbocycles. The van der Waals surface area contributed by atoms with E-state index in [9.17, 15) is 0 Å². The molecule has 20 heavy (non-hydrogen) atoms. The molecule has 0 aliphatic rings. The van der Waals surface area contributed by atoms with Gasteiger partial charge in [-0.25, -0.2) is 9.97 Å². The van der Waals surface area contributed by atoms with Gasteiger partial charge in [-0.1, -0.05) is 20.8 Å².